The Bertz CT molecular complexity index is 329. The van der Waals surface area contributed by atoms with Gasteiger partial charge in [-0.05, 0) is 44.4 Å². The molecule has 1 saturated heterocycles. The van der Waals surface area contributed by atoms with Crippen LogP contribution in [0.3, 0.4) is 0 Å². The zero-order valence-electron chi connectivity index (χ0n) is 11.3. The Hall–Kier alpha value is -0.930. The van der Waals surface area contributed by atoms with Crippen molar-refractivity contribution in [1.82, 2.24) is 9.88 Å². The molecule has 0 aliphatic carbocycles. The number of rotatable bonds is 6. The van der Waals surface area contributed by atoms with E-state index in [0.717, 1.165) is 19.2 Å². The topological polar surface area (TPSA) is 25.4 Å². The first-order chi connectivity index (χ1) is 8.90. The number of hydrogen-bond acceptors (Lipinski definition) is 3. The summed E-state index contributed by atoms with van der Waals surface area (Å²) in [6, 6.07) is 6.90. The Labute approximate surface area is 110 Å². The summed E-state index contributed by atoms with van der Waals surface area (Å²) in [4.78, 5) is 7.04. The third kappa shape index (κ3) is 4.07. The van der Waals surface area contributed by atoms with E-state index in [1.165, 1.54) is 44.3 Å². The Balaban J connectivity index is 1.87. The number of piperidine rings is 1. The van der Waals surface area contributed by atoms with E-state index in [0.29, 0.717) is 0 Å². The van der Waals surface area contributed by atoms with Crippen molar-refractivity contribution in [2.24, 2.45) is 0 Å². The van der Waals surface area contributed by atoms with Crippen molar-refractivity contribution < 1.29 is 4.74 Å². The first-order valence-corrected chi connectivity index (χ1v) is 7.03. The minimum atomic E-state index is 0.718. The van der Waals surface area contributed by atoms with Crippen molar-refractivity contribution in [3.05, 3.63) is 30.1 Å². The average molecular weight is 248 g/mol. The molecule has 0 bridgehead atoms. The molecule has 0 saturated carbocycles. The van der Waals surface area contributed by atoms with Crippen LogP contribution < -0.4 is 0 Å². The van der Waals surface area contributed by atoms with Crippen molar-refractivity contribution in [1.29, 1.82) is 0 Å². The maximum Gasteiger partial charge on any atom is 0.0544 e. The van der Waals surface area contributed by atoms with Gasteiger partial charge in [-0.25, -0.2) is 0 Å². The molecule has 1 aliphatic heterocycles. The highest BCUT2D eigenvalue weighted by Gasteiger charge is 2.22. The predicted octanol–water partition coefficient (Wildman–Crippen LogP) is 2.86. The number of likely N-dealkylation sites (tertiary alicyclic amines) is 1. The maximum atomic E-state index is 5.16. The van der Waals surface area contributed by atoms with Crippen LogP contribution in [0.5, 0.6) is 0 Å². The van der Waals surface area contributed by atoms with E-state index in [1.807, 2.05) is 12.3 Å². The smallest absolute Gasteiger partial charge is 0.0544 e. The van der Waals surface area contributed by atoms with Gasteiger partial charge in [-0.2, -0.15) is 0 Å². The number of ether oxygens (including phenoxy) is 1. The number of methoxy groups -OCH3 is 1. The highest BCUT2D eigenvalue weighted by Crippen LogP contribution is 2.22. The lowest BCUT2D eigenvalue weighted by Crippen LogP contribution is -2.39. The molecule has 0 amide bonds. The van der Waals surface area contributed by atoms with Crippen molar-refractivity contribution in [3.8, 4) is 0 Å². The lowest BCUT2D eigenvalue weighted by molar-refractivity contribution is 0.115. The number of hydrogen-bond donors (Lipinski definition) is 0. The van der Waals surface area contributed by atoms with Gasteiger partial charge < -0.3 is 4.74 Å². The molecule has 18 heavy (non-hydrogen) atoms. The molecule has 1 fully saturated rings. The second-order valence-electron chi connectivity index (χ2n) is 5.08. The van der Waals surface area contributed by atoms with Crippen LogP contribution in [0.4, 0.5) is 0 Å². The molecule has 3 heteroatoms. The molecule has 100 valence electrons. The van der Waals surface area contributed by atoms with Gasteiger partial charge in [0, 0.05) is 32.5 Å². The van der Waals surface area contributed by atoms with Crippen molar-refractivity contribution in [2.45, 2.75) is 44.7 Å². The van der Waals surface area contributed by atoms with Gasteiger partial charge in [-0.15, -0.1) is 0 Å². The lowest BCUT2D eigenvalue weighted by atomic mass is 9.98. The van der Waals surface area contributed by atoms with Crippen molar-refractivity contribution >= 4 is 0 Å². The highest BCUT2D eigenvalue weighted by molar-refractivity contribution is 5.03. The molecule has 0 radical (unpaired) electrons. The van der Waals surface area contributed by atoms with Crippen LogP contribution in [0.15, 0.2) is 24.4 Å². The summed E-state index contributed by atoms with van der Waals surface area (Å²) in [5, 5.41) is 0. The Morgan fingerprint density at radius 1 is 1.39 bits per heavy atom. The molecule has 1 aromatic rings. The standard InChI is InChI=1S/C15H24N2O/c1-18-12-6-9-15-8-3-5-11-17(15)13-14-7-2-4-10-16-14/h2,4,7,10,15H,3,5-6,8-9,11-13H2,1H3. The number of aromatic nitrogens is 1. The summed E-state index contributed by atoms with van der Waals surface area (Å²) in [5.41, 5.74) is 1.19. The molecule has 0 aromatic carbocycles. The zero-order chi connectivity index (χ0) is 12.6. The summed E-state index contributed by atoms with van der Waals surface area (Å²) < 4.78 is 5.16. The largest absolute Gasteiger partial charge is 0.385 e. The van der Waals surface area contributed by atoms with Gasteiger partial charge in [0.25, 0.3) is 0 Å². The first-order valence-electron chi connectivity index (χ1n) is 7.03. The lowest BCUT2D eigenvalue weighted by Gasteiger charge is -2.35. The normalized spacial score (nSPS) is 21.1. The van der Waals surface area contributed by atoms with Gasteiger partial charge in [-0.3, -0.25) is 9.88 Å². The van der Waals surface area contributed by atoms with E-state index in [2.05, 4.69) is 22.0 Å². The fraction of sp³-hybridized carbons (Fsp3) is 0.667. The molecule has 2 heterocycles. The van der Waals surface area contributed by atoms with E-state index in [9.17, 15) is 0 Å². The average Bonchev–Trinajstić information content (AvgIpc) is 2.42. The zero-order valence-corrected chi connectivity index (χ0v) is 11.3. The van der Waals surface area contributed by atoms with E-state index in [4.69, 9.17) is 4.74 Å². The maximum absolute atomic E-state index is 5.16. The molecular weight excluding hydrogens is 224 g/mol. The summed E-state index contributed by atoms with van der Waals surface area (Å²) in [5.74, 6) is 0. The molecule has 2 rings (SSSR count). The SMILES string of the molecule is COCCCC1CCCCN1Cc1ccccn1. The van der Waals surface area contributed by atoms with Gasteiger partial charge in [0.15, 0.2) is 0 Å². The van der Waals surface area contributed by atoms with Crippen LogP contribution in [0.25, 0.3) is 0 Å². The third-order valence-corrected chi connectivity index (χ3v) is 3.73. The Kier molecular flexibility index (Phi) is 5.62. The fourth-order valence-electron chi connectivity index (χ4n) is 2.76. The van der Waals surface area contributed by atoms with E-state index >= 15 is 0 Å². The summed E-state index contributed by atoms with van der Waals surface area (Å²) in [6.45, 7) is 3.10. The molecule has 3 nitrogen and oxygen atoms in total. The second kappa shape index (κ2) is 7.49. The van der Waals surface area contributed by atoms with Crippen molar-refractivity contribution in [3.63, 3.8) is 0 Å². The number of nitrogens with zero attached hydrogens (tertiary/aromatic N) is 2. The minimum absolute atomic E-state index is 0.718. The quantitative estimate of drug-likeness (QED) is 0.724. The second-order valence-corrected chi connectivity index (χ2v) is 5.08. The first kappa shape index (κ1) is 13.5. The van der Waals surface area contributed by atoms with Crippen LogP contribution in [0, 0.1) is 0 Å². The highest BCUT2D eigenvalue weighted by atomic mass is 16.5. The van der Waals surface area contributed by atoms with Gasteiger partial charge in [0.05, 0.1) is 5.69 Å². The monoisotopic (exact) mass is 248 g/mol. The van der Waals surface area contributed by atoms with E-state index < -0.39 is 0 Å². The summed E-state index contributed by atoms with van der Waals surface area (Å²) >= 11 is 0. The molecule has 1 aliphatic rings. The van der Waals surface area contributed by atoms with Crippen LogP contribution in [0.1, 0.15) is 37.8 Å². The molecular formula is C15H24N2O. The van der Waals surface area contributed by atoms with Crippen LogP contribution in [-0.4, -0.2) is 36.2 Å². The molecule has 1 aromatic heterocycles. The summed E-state index contributed by atoms with van der Waals surface area (Å²) in [6.07, 6.45) is 8.33. The predicted molar refractivity (Wildman–Crippen MR) is 73.4 cm³/mol. The molecule has 0 spiro atoms. The van der Waals surface area contributed by atoms with Gasteiger partial charge in [0.1, 0.15) is 0 Å². The Morgan fingerprint density at radius 2 is 2.33 bits per heavy atom. The van der Waals surface area contributed by atoms with Gasteiger partial charge in [-0.1, -0.05) is 12.5 Å². The van der Waals surface area contributed by atoms with Gasteiger partial charge >= 0.3 is 0 Å². The van der Waals surface area contributed by atoms with Crippen LogP contribution in [-0.2, 0) is 11.3 Å². The summed E-state index contributed by atoms with van der Waals surface area (Å²) in [7, 11) is 1.78. The van der Waals surface area contributed by atoms with Crippen LogP contribution >= 0.6 is 0 Å². The van der Waals surface area contributed by atoms with Crippen molar-refractivity contribution in [2.75, 3.05) is 20.3 Å². The molecule has 1 unspecified atom stereocenters. The van der Waals surface area contributed by atoms with Gasteiger partial charge in [0.2, 0.25) is 0 Å². The van der Waals surface area contributed by atoms with Crippen LogP contribution in [0.2, 0.25) is 0 Å². The van der Waals surface area contributed by atoms with E-state index in [1.54, 1.807) is 7.11 Å². The minimum Gasteiger partial charge on any atom is -0.385 e. The Morgan fingerprint density at radius 3 is 3.11 bits per heavy atom. The third-order valence-electron chi connectivity index (χ3n) is 3.73. The van der Waals surface area contributed by atoms with E-state index in [-0.39, 0.29) is 0 Å². The fourth-order valence-corrected chi connectivity index (χ4v) is 2.76. The molecule has 1 atom stereocenters. The molecule has 0 N–H and O–H groups in total. The number of pyridine rings is 1.